The topological polar surface area (TPSA) is 47.6 Å². The van der Waals surface area contributed by atoms with Crippen molar-refractivity contribution in [1.82, 2.24) is 0 Å². The first-order valence-electron chi connectivity index (χ1n) is 6.78. The fourth-order valence-corrected chi connectivity index (χ4v) is 3.08. The summed E-state index contributed by atoms with van der Waals surface area (Å²) >= 11 is 3.71. The van der Waals surface area contributed by atoms with Crippen LogP contribution in [0.2, 0.25) is 0 Å². The third kappa shape index (κ3) is 4.07. The van der Waals surface area contributed by atoms with Gasteiger partial charge in [0.2, 0.25) is 5.91 Å². The number of halogens is 1. The average Bonchev–Trinajstić information content (AvgIpc) is 2.55. The maximum atomic E-state index is 12.0. The molecule has 4 nitrogen and oxygen atoms in total. The molecule has 0 saturated carbocycles. The smallest absolute Gasteiger partial charge is 0.234 e. The molecule has 2 aromatic carbocycles. The molecule has 1 amide bonds. The maximum Gasteiger partial charge on any atom is 0.234 e. The zero-order chi connectivity index (χ0) is 15.4. The molecular formula is C16H14INO3S. The Morgan fingerprint density at radius 2 is 1.82 bits per heavy atom. The molecule has 3 rings (SSSR count). The molecule has 2 aromatic rings. The van der Waals surface area contributed by atoms with Crippen molar-refractivity contribution in [2.75, 3.05) is 24.3 Å². The van der Waals surface area contributed by atoms with Gasteiger partial charge < -0.3 is 14.8 Å². The lowest BCUT2D eigenvalue weighted by molar-refractivity contribution is -0.113. The number of fused-ring (bicyclic) bond motifs is 1. The number of ether oxygens (including phenoxy) is 2. The summed E-state index contributed by atoms with van der Waals surface area (Å²) in [5.41, 5.74) is 0.813. The lowest BCUT2D eigenvalue weighted by atomic mass is 10.3. The van der Waals surface area contributed by atoms with Crippen LogP contribution in [-0.2, 0) is 4.79 Å². The van der Waals surface area contributed by atoms with Crippen molar-refractivity contribution in [3.05, 3.63) is 46.0 Å². The number of amides is 1. The molecule has 1 heterocycles. The van der Waals surface area contributed by atoms with E-state index in [1.165, 1.54) is 11.8 Å². The van der Waals surface area contributed by atoms with Gasteiger partial charge in [-0.15, -0.1) is 11.8 Å². The SMILES string of the molecule is O=C(CSc1ccc2c(c1)OCCO2)Nc1ccc(I)cc1. The first-order chi connectivity index (χ1) is 10.7. The highest BCUT2D eigenvalue weighted by Gasteiger charge is 2.12. The molecule has 0 fully saturated rings. The van der Waals surface area contributed by atoms with Crippen molar-refractivity contribution >= 4 is 45.9 Å². The number of thioether (sulfide) groups is 1. The van der Waals surface area contributed by atoms with Crippen molar-refractivity contribution < 1.29 is 14.3 Å². The number of benzene rings is 2. The standard InChI is InChI=1S/C16H14INO3S/c17-11-1-3-12(4-2-11)18-16(19)10-22-13-5-6-14-15(9-13)21-8-7-20-14/h1-6,9H,7-8,10H2,(H,18,19). The second-order valence-corrected chi connectivity index (χ2v) is 6.94. The average molecular weight is 427 g/mol. The molecule has 0 saturated heterocycles. The van der Waals surface area contributed by atoms with Crippen molar-refractivity contribution in [3.8, 4) is 11.5 Å². The number of carbonyl (C=O) groups excluding carboxylic acids is 1. The van der Waals surface area contributed by atoms with Gasteiger partial charge in [0.25, 0.3) is 0 Å². The minimum absolute atomic E-state index is 0.0268. The van der Waals surface area contributed by atoms with Crippen LogP contribution in [0.5, 0.6) is 11.5 Å². The van der Waals surface area contributed by atoms with Crippen LogP contribution in [0, 0.1) is 3.57 Å². The summed E-state index contributed by atoms with van der Waals surface area (Å²) in [5.74, 6) is 1.83. The fourth-order valence-electron chi connectivity index (χ4n) is 1.99. The van der Waals surface area contributed by atoms with Gasteiger partial charge in [0.15, 0.2) is 11.5 Å². The summed E-state index contributed by atoms with van der Waals surface area (Å²) in [6.45, 7) is 1.15. The van der Waals surface area contributed by atoms with Crippen molar-refractivity contribution in [2.45, 2.75) is 4.90 Å². The number of hydrogen-bond acceptors (Lipinski definition) is 4. The molecule has 0 aromatic heterocycles. The number of rotatable bonds is 4. The number of hydrogen-bond donors (Lipinski definition) is 1. The molecular weight excluding hydrogens is 413 g/mol. The molecule has 22 heavy (non-hydrogen) atoms. The van der Waals surface area contributed by atoms with E-state index in [4.69, 9.17) is 9.47 Å². The number of nitrogens with one attached hydrogen (secondary N) is 1. The van der Waals surface area contributed by atoms with Crippen LogP contribution in [-0.4, -0.2) is 24.9 Å². The zero-order valence-corrected chi connectivity index (χ0v) is 14.6. The van der Waals surface area contributed by atoms with E-state index in [1.807, 2.05) is 42.5 Å². The Morgan fingerprint density at radius 1 is 1.09 bits per heavy atom. The van der Waals surface area contributed by atoms with Crippen molar-refractivity contribution in [2.24, 2.45) is 0 Å². The number of anilines is 1. The molecule has 0 spiro atoms. The molecule has 1 aliphatic rings. The summed E-state index contributed by atoms with van der Waals surface area (Å²) in [5, 5.41) is 2.88. The molecule has 114 valence electrons. The van der Waals surface area contributed by atoms with Gasteiger partial charge in [-0.1, -0.05) is 0 Å². The summed E-state index contributed by atoms with van der Waals surface area (Å²) in [6, 6.07) is 13.5. The largest absolute Gasteiger partial charge is 0.486 e. The lowest BCUT2D eigenvalue weighted by Gasteiger charge is -2.18. The molecule has 1 aliphatic heterocycles. The Morgan fingerprint density at radius 3 is 2.59 bits per heavy atom. The van der Waals surface area contributed by atoms with Gasteiger partial charge >= 0.3 is 0 Å². The van der Waals surface area contributed by atoms with Gasteiger partial charge in [0.1, 0.15) is 13.2 Å². The second kappa shape index (κ2) is 7.23. The van der Waals surface area contributed by atoms with Crippen LogP contribution in [0.15, 0.2) is 47.4 Å². The molecule has 0 radical (unpaired) electrons. The highest BCUT2D eigenvalue weighted by Crippen LogP contribution is 2.34. The highest BCUT2D eigenvalue weighted by molar-refractivity contribution is 14.1. The first-order valence-corrected chi connectivity index (χ1v) is 8.85. The summed E-state index contributed by atoms with van der Waals surface area (Å²) in [6.07, 6.45) is 0. The minimum atomic E-state index is -0.0268. The number of carbonyl (C=O) groups is 1. The lowest BCUT2D eigenvalue weighted by Crippen LogP contribution is -2.15. The van der Waals surface area contributed by atoms with Crippen LogP contribution < -0.4 is 14.8 Å². The Bertz CT molecular complexity index is 676. The van der Waals surface area contributed by atoms with Gasteiger partial charge in [-0.25, -0.2) is 0 Å². The van der Waals surface area contributed by atoms with E-state index in [1.54, 1.807) is 0 Å². The van der Waals surface area contributed by atoms with Crippen LogP contribution in [0.4, 0.5) is 5.69 Å². The van der Waals surface area contributed by atoms with E-state index in [-0.39, 0.29) is 5.91 Å². The highest BCUT2D eigenvalue weighted by atomic mass is 127. The van der Waals surface area contributed by atoms with Crippen LogP contribution in [0.25, 0.3) is 0 Å². The monoisotopic (exact) mass is 427 g/mol. The Labute approximate surface area is 146 Å². The first kappa shape index (κ1) is 15.5. The van der Waals surface area contributed by atoms with Crippen LogP contribution in [0.3, 0.4) is 0 Å². The molecule has 1 N–H and O–H groups in total. The predicted octanol–water partition coefficient (Wildman–Crippen LogP) is 3.79. The van der Waals surface area contributed by atoms with E-state index in [9.17, 15) is 4.79 Å². The van der Waals surface area contributed by atoms with E-state index < -0.39 is 0 Å². The predicted molar refractivity (Wildman–Crippen MR) is 95.9 cm³/mol. The third-order valence-corrected chi connectivity index (χ3v) is 4.72. The van der Waals surface area contributed by atoms with E-state index in [0.29, 0.717) is 19.0 Å². The Balaban J connectivity index is 1.55. The van der Waals surface area contributed by atoms with E-state index >= 15 is 0 Å². The second-order valence-electron chi connectivity index (χ2n) is 4.65. The van der Waals surface area contributed by atoms with Gasteiger partial charge in [-0.3, -0.25) is 4.79 Å². The fraction of sp³-hybridized carbons (Fsp3) is 0.188. The molecule has 0 bridgehead atoms. The van der Waals surface area contributed by atoms with E-state index in [2.05, 4.69) is 27.9 Å². The minimum Gasteiger partial charge on any atom is -0.486 e. The van der Waals surface area contributed by atoms with Crippen molar-refractivity contribution in [3.63, 3.8) is 0 Å². The van der Waals surface area contributed by atoms with Gasteiger partial charge in [-0.2, -0.15) is 0 Å². The van der Waals surface area contributed by atoms with Gasteiger partial charge in [0, 0.05) is 14.2 Å². The molecule has 0 atom stereocenters. The zero-order valence-electron chi connectivity index (χ0n) is 11.7. The van der Waals surface area contributed by atoms with Crippen molar-refractivity contribution in [1.29, 1.82) is 0 Å². The quantitative estimate of drug-likeness (QED) is 0.596. The van der Waals surface area contributed by atoms with Crippen LogP contribution in [0.1, 0.15) is 0 Å². The van der Waals surface area contributed by atoms with Crippen LogP contribution >= 0.6 is 34.4 Å². The Kier molecular flexibility index (Phi) is 5.09. The Hall–Kier alpha value is -1.41. The molecule has 6 heteroatoms. The summed E-state index contributed by atoms with van der Waals surface area (Å²) in [4.78, 5) is 13.0. The van der Waals surface area contributed by atoms with Gasteiger partial charge in [-0.05, 0) is 65.1 Å². The third-order valence-electron chi connectivity index (χ3n) is 3.01. The summed E-state index contributed by atoms with van der Waals surface area (Å²) in [7, 11) is 0. The normalized spacial score (nSPS) is 12.8. The molecule has 0 unspecified atom stereocenters. The maximum absolute atomic E-state index is 12.0. The summed E-state index contributed by atoms with van der Waals surface area (Å²) < 4.78 is 12.2. The van der Waals surface area contributed by atoms with E-state index in [0.717, 1.165) is 25.7 Å². The van der Waals surface area contributed by atoms with Gasteiger partial charge in [0.05, 0.1) is 5.75 Å². The molecule has 0 aliphatic carbocycles.